The number of rotatable bonds is 4. The quantitative estimate of drug-likeness (QED) is 0.749. The van der Waals surface area contributed by atoms with Crippen LogP contribution in [0.4, 0.5) is 0 Å². The molecule has 0 aliphatic carbocycles. The largest absolute Gasteiger partial charge is 0.383 e. The fraction of sp³-hybridized carbons (Fsp3) is 0.923. The number of carbonyl (C=O) groups is 1. The van der Waals surface area contributed by atoms with Crippen LogP contribution in [0, 0.1) is 5.41 Å². The Kier molecular flexibility index (Phi) is 4.71. The van der Waals surface area contributed by atoms with Crippen LogP contribution in [0.1, 0.15) is 25.7 Å². The van der Waals surface area contributed by atoms with Crippen molar-refractivity contribution in [1.82, 2.24) is 9.21 Å². The maximum atomic E-state index is 12.6. The second-order valence-electron chi connectivity index (χ2n) is 5.83. The summed E-state index contributed by atoms with van der Waals surface area (Å²) >= 11 is 0. The summed E-state index contributed by atoms with van der Waals surface area (Å²) in [6, 6.07) is 0. The van der Waals surface area contributed by atoms with Crippen molar-refractivity contribution in [1.29, 1.82) is 0 Å². The van der Waals surface area contributed by atoms with Gasteiger partial charge >= 0.3 is 0 Å². The van der Waals surface area contributed by atoms with Gasteiger partial charge in [0, 0.05) is 33.3 Å². The Morgan fingerprint density at radius 2 is 1.90 bits per heavy atom. The van der Waals surface area contributed by atoms with E-state index in [1.54, 1.807) is 7.11 Å². The van der Waals surface area contributed by atoms with Crippen molar-refractivity contribution in [3.8, 4) is 0 Å². The first-order valence-electron chi connectivity index (χ1n) is 7.12. The lowest BCUT2D eigenvalue weighted by molar-refractivity contribution is -0.137. The van der Waals surface area contributed by atoms with Crippen molar-refractivity contribution >= 4 is 15.9 Å². The molecule has 20 heavy (non-hydrogen) atoms. The molecule has 2 aliphatic heterocycles. The first-order valence-corrected chi connectivity index (χ1v) is 8.97. The van der Waals surface area contributed by atoms with E-state index in [-0.39, 0.29) is 11.3 Å². The van der Waals surface area contributed by atoms with Gasteiger partial charge in [-0.1, -0.05) is 0 Å². The van der Waals surface area contributed by atoms with Crippen molar-refractivity contribution in [2.75, 3.05) is 46.2 Å². The van der Waals surface area contributed by atoms with Crippen LogP contribution in [0.15, 0.2) is 0 Å². The molecule has 0 N–H and O–H groups in total. The standard InChI is InChI=1S/C13H24N2O4S/c1-19-11-10-14-8-5-13(12(14)16)4-3-7-15(9-6-13)20(2,17)18/h3-11H2,1-2H3. The second kappa shape index (κ2) is 5.99. The molecule has 2 aliphatic rings. The van der Waals surface area contributed by atoms with Gasteiger partial charge in [0.05, 0.1) is 18.3 Å². The fourth-order valence-electron chi connectivity index (χ4n) is 3.27. The van der Waals surface area contributed by atoms with Gasteiger partial charge in [0.1, 0.15) is 0 Å². The average molecular weight is 304 g/mol. The van der Waals surface area contributed by atoms with Gasteiger partial charge in [-0.3, -0.25) is 4.79 Å². The summed E-state index contributed by atoms with van der Waals surface area (Å²) < 4.78 is 29.8. The van der Waals surface area contributed by atoms with E-state index in [0.29, 0.717) is 32.7 Å². The van der Waals surface area contributed by atoms with E-state index < -0.39 is 10.0 Å². The van der Waals surface area contributed by atoms with Gasteiger partial charge in [0.25, 0.3) is 0 Å². The van der Waals surface area contributed by atoms with Crippen LogP contribution in [-0.2, 0) is 19.6 Å². The first-order chi connectivity index (χ1) is 9.39. The Labute approximate surface area is 121 Å². The molecular weight excluding hydrogens is 280 g/mol. The summed E-state index contributed by atoms with van der Waals surface area (Å²) in [5.74, 6) is 0.185. The highest BCUT2D eigenvalue weighted by atomic mass is 32.2. The molecule has 0 aromatic rings. The molecule has 2 rings (SSSR count). The SMILES string of the molecule is COCCN1CCC2(CCCN(S(C)(=O)=O)CC2)C1=O. The molecule has 1 atom stereocenters. The highest BCUT2D eigenvalue weighted by Crippen LogP contribution is 2.41. The van der Waals surface area contributed by atoms with Crippen LogP contribution in [0.2, 0.25) is 0 Å². The maximum Gasteiger partial charge on any atom is 0.228 e. The van der Waals surface area contributed by atoms with E-state index in [4.69, 9.17) is 4.74 Å². The fourth-order valence-corrected chi connectivity index (χ4v) is 4.16. The minimum Gasteiger partial charge on any atom is -0.383 e. The lowest BCUT2D eigenvalue weighted by Gasteiger charge is -2.26. The maximum absolute atomic E-state index is 12.6. The summed E-state index contributed by atoms with van der Waals surface area (Å²) in [4.78, 5) is 14.5. The molecule has 0 aromatic carbocycles. The molecule has 0 saturated carbocycles. The second-order valence-corrected chi connectivity index (χ2v) is 7.81. The van der Waals surface area contributed by atoms with Crippen LogP contribution < -0.4 is 0 Å². The molecule has 2 fully saturated rings. The number of nitrogens with zero attached hydrogens (tertiary/aromatic N) is 2. The number of carbonyl (C=O) groups excluding carboxylic acids is 1. The minimum atomic E-state index is -3.15. The molecule has 1 spiro atoms. The molecule has 0 aromatic heterocycles. The van der Waals surface area contributed by atoms with Crippen LogP contribution >= 0.6 is 0 Å². The lowest BCUT2D eigenvalue weighted by atomic mass is 9.79. The monoisotopic (exact) mass is 304 g/mol. The Hall–Kier alpha value is -0.660. The van der Waals surface area contributed by atoms with Crippen LogP contribution in [0.25, 0.3) is 0 Å². The van der Waals surface area contributed by atoms with Gasteiger partial charge in [-0.05, 0) is 25.7 Å². The molecule has 116 valence electrons. The topological polar surface area (TPSA) is 66.9 Å². The third-order valence-corrected chi connectivity index (χ3v) is 5.84. The Balaban J connectivity index is 2.04. The summed E-state index contributed by atoms with van der Waals surface area (Å²) in [7, 11) is -1.52. The smallest absolute Gasteiger partial charge is 0.228 e. The van der Waals surface area contributed by atoms with Crippen molar-refractivity contribution in [2.24, 2.45) is 5.41 Å². The van der Waals surface area contributed by atoms with Gasteiger partial charge in [0.15, 0.2) is 0 Å². The molecular formula is C13H24N2O4S. The predicted octanol–water partition coefficient (Wildman–Crippen LogP) is 0.297. The number of sulfonamides is 1. The molecule has 1 unspecified atom stereocenters. The van der Waals surface area contributed by atoms with Crippen molar-refractivity contribution in [3.05, 3.63) is 0 Å². The normalized spacial score (nSPS) is 29.1. The molecule has 6 nitrogen and oxygen atoms in total. The molecule has 0 bridgehead atoms. The van der Waals surface area contributed by atoms with E-state index in [1.165, 1.54) is 10.6 Å². The zero-order chi connectivity index (χ0) is 14.8. The van der Waals surface area contributed by atoms with Gasteiger partial charge in [-0.25, -0.2) is 12.7 Å². The zero-order valence-corrected chi connectivity index (χ0v) is 13.1. The minimum absolute atomic E-state index is 0.185. The molecule has 1 amide bonds. The number of likely N-dealkylation sites (tertiary alicyclic amines) is 1. The number of methoxy groups -OCH3 is 1. The van der Waals surface area contributed by atoms with Crippen molar-refractivity contribution < 1.29 is 17.9 Å². The van der Waals surface area contributed by atoms with Gasteiger partial charge < -0.3 is 9.64 Å². The van der Waals surface area contributed by atoms with E-state index >= 15 is 0 Å². The number of ether oxygens (including phenoxy) is 1. The molecule has 2 heterocycles. The molecule has 7 heteroatoms. The highest BCUT2D eigenvalue weighted by Gasteiger charge is 2.47. The van der Waals surface area contributed by atoms with E-state index in [9.17, 15) is 13.2 Å². The Bertz CT molecular complexity index is 465. The molecule has 2 saturated heterocycles. The van der Waals surface area contributed by atoms with Crippen LogP contribution in [0.5, 0.6) is 0 Å². The predicted molar refractivity (Wildman–Crippen MR) is 75.8 cm³/mol. The Morgan fingerprint density at radius 3 is 2.55 bits per heavy atom. The van der Waals surface area contributed by atoms with Crippen LogP contribution in [-0.4, -0.2) is 69.7 Å². The zero-order valence-electron chi connectivity index (χ0n) is 12.3. The summed E-state index contributed by atoms with van der Waals surface area (Å²) in [5, 5.41) is 0. The van der Waals surface area contributed by atoms with Gasteiger partial charge in [0.2, 0.25) is 15.9 Å². The van der Waals surface area contributed by atoms with E-state index in [1.807, 2.05) is 4.90 Å². The first kappa shape index (κ1) is 15.7. The summed E-state index contributed by atoms with van der Waals surface area (Å²) in [5.41, 5.74) is -0.340. The lowest BCUT2D eigenvalue weighted by Crippen LogP contribution is -2.37. The number of amides is 1. The van der Waals surface area contributed by atoms with Gasteiger partial charge in [-0.15, -0.1) is 0 Å². The van der Waals surface area contributed by atoms with Crippen molar-refractivity contribution in [2.45, 2.75) is 25.7 Å². The number of hydrogen-bond donors (Lipinski definition) is 0. The Morgan fingerprint density at radius 1 is 1.20 bits per heavy atom. The summed E-state index contributed by atoms with van der Waals surface area (Å²) in [6.07, 6.45) is 4.28. The highest BCUT2D eigenvalue weighted by molar-refractivity contribution is 7.88. The van der Waals surface area contributed by atoms with Crippen molar-refractivity contribution in [3.63, 3.8) is 0 Å². The third-order valence-electron chi connectivity index (χ3n) is 4.54. The van der Waals surface area contributed by atoms with E-state index in [0.717, 1.165) is 25.8 Å². The third kappa shape index (κ3) is 3.15. The van der Waals surface area contributed by atoms with Gasteiger partial charge in [-0.2, -0.15) is 0 Å². The van der Waals surface area contributed by atoms with Crippen LogP contribution in [0.3, 0.4) is 0 Å². The van der Waals surface area contributed by atoms with E-state index in [2.05, 4.69) is 0 Å². The number of hydrogen-bond acceptors (Lipinski definition) is 4. The molecule has 0 radical (unpaired) electrons. The summed E-state index contributed by atoms with van der Waals surface area (Å²) in [6.45, 7) is 2.94. The average Bonchev–Trinajstić information content (AvgIpc) is 2.57.